The van der Waals surface area contributed by atoms with Gasteiger partial charge in [-0.3, -0.25) is 14.4 Å². The maximum atomic E-state index is 12.5. The lowest BCUT2D eigenvalue weighted by atomic mass is 10.3. The zero-order valence-corrected chi connectivity index (χ0v) is 15.6. The number of anilines is 2. The molecular weight excluding hydrogens is 386 g/mol. The Morgan fingerprint density at radius 3 is 2.59 bits per heavy atom. The van der Waals surface area contributed by atoms with Crippen LogP contribution < -0.4 is 16.0 Å². The topological polar surface area (TPSA) is 100 Å². The molecule has 4 rings (SSSR count). The van der Waals surface area contributed by atoms with E-state index in [9.17, 15) is 14.4 Å². The molecule has 0 bridgehead atoms. The molecule has 0 aromatic carbocycles. The molecule has 0 unspecified atom stereocenters. The Labute approximate surface area is 162 Å². The van der Waals surface area contributed by atoms with Gasteiger partial charge >= 0.3 is 0 Å². The van der Waals surface area contributed by atoms with Crippen LogP contribution in [0.15, 0.2) is 46.4 Å². The summed E-state index contributed by atoms with van der Waals surface area (Å²) in [6.45, 7) is 0. The lowest BCUT2D eigenvalue weighted by Crippen LogP contribution is -2.26. The van der Waals surface area contributed by atoms with Crippen molar-refractivity contribution in [2.75, 3.05) is 10.6 Å². The summed E-state index contributed by atoms with van der Waals surface area (Å²) in [5, 5.41) is 11.2. The van der Waals surface area contributed by atoms with E-state index < -0.39 is 0 Å². The van der Waals surface area contributed by atoms with E-state index in [0.717, 1.165) is 24.2 Å². The van der Waals surface area contributed by atoms with E-state index in [4.69, 9.17) is 4.42 Å². The van der Waals surface area contributed by atoms with E-state index in [1.54, 1.807) is 35.7 Å². The average molecular weight is 401 g/mol. The lowest BCUT2D eigenvalue weighted by Gasteiger charge is -2.06. The third-order valence-corrected chi connectivity index (χ3v) is 5.69. The van der Waals surface area contributed by atoms with Crippen LogP contribution in [-0.2, 0) is 0 Å². The SMILES string of the molecule is O=C(Nc1ccc(C(=O)Nc2sccc2C(=O)NC2CC2)s1)c1ccco1. The predicted octanol–water partition coefficient (Wildman–Crippen LogP) is 3.80. The van der Waals surface area contributed by atoms with Crippen molar-refractivity contribution in [3.05, 3.63) is 58.2 Å². The van der Waals surface area contributed by atoms with Crippen molar-refractivity contribution in [3.8, 4) is 0 Å². The first-order chi connectivity index (χ1) is 13.1. The molecule has 0 aliphatic heterocycles. The van der Waals surface area contributed by atoms with Crippen LogP contribution >= 0.6 is 22.7 Å². The van der Waals surface area contributed by atoms with Gasteiger partial charge in [0.1, 0.15) is 5.00 Å². The molecule has 0 atom stereocenters. The van der Waals surface area contributed by atoms with E-state index in [0.29, 0.717) is 20.4 Å². The maximum absolute atomic E-state index is 12.5. The van der Waals surface area contributed by atoms with Gasteiger partial charge in [-0.25, -0.2) is 0 Å². The molecule has 0 saturated heterocycles. The number of rotatable bonds is 6. The minimum atomic E-state index is -0.383. The highest BCUT2D eigenvalue weighted by Crippen LogP contribution is 2.28. The molecule has 3 aromatic heterocycles. The van der Waals surface area contributed by atoms with Gasteiger partial charge in [-0.05, 0) is 48.6 Å². The molecule has 3 amide bonds. The van der Waals surface area contributed by atoms with Gasteiger partial charge < -0.3 is 20.4 Å². The number of carbonyl (C=O) groups is 3. The highest BCUT2D eigenvalue weighted by atomic mass is 32.1. The van der Waals surface area contributed by atoms with E-state index in [-0.39, 0.29) is 29.5 Å². The van der Waals surface area contributed by atoms with Crippen LogP contribution in [0, 0.1) is 0 Å². The minimum Gasteiger partial charge on any atom is -0.459 e. The van der Waals surface area contributed by atoms with E-state index in [1.165, 1.54) is 17.6 Å². The number of amides is 3. The highest BCUT2D eigenvalue weighted by molar-refractivity contribution is 7.18. The first-order valence-electron chi connectivity index (χ1n) is 8.24. The lowest BCUT2D eigenvalue weighted by molar-refractivity contribution is 0.0951. The van der Waals surface area contributed by atoms with Gasteiger partial charge in [0.05, 0.1) is 21.7 Å². The van der Waals surface area contributed by atoms with E-state index in [2.05, 4.69) is 16.0 Å². The Morgan fingerprint density at radius 1 is 1.00 bits per heavy atom. The first kappa shape index (κ1) is 17.5. The van der Waals surface area contributed by atoms with Crippen molar-refractivity contribution in [2.24, 2.45) is 0 Å². The summed E-state index contributed by atoms with van der Waals surface area (Å²) in [4.78, 5) is 37.1. The summed E-state index contributed by atoms with van der Waals surface area (Å²) < 4.78 is 5.04. The Kier molecular flexibility index (Phi) is 4.78. The van der Waals surface area contributed by atoms with Crippen LogP contribution in [0.3, 0.4) is 0 Å². The Morgan fingerprint density at radius 2 is 1.85 bits per heavy atom. The smallest absolute Gasteiger partial charge is 0.291 e. The standard InChI is InChI=1S/C18H15N3O4S2/c22-15(19-10-3-4-10)11-7-9-26-18(11)21-17(24)13-5-6-14(27-13)20-16(23)12-2-1-8-25-12/h1-2,5-10H,3-4H2,(H,19,22)(H,20,23)(H,21,24). The molecule has 1 aliphatic rings. The monoisotopic (exact) mass is 401 g/mol. The van der Waals surface area contributed by atoms with Gasteiger partial charge in [0.2, 0.25) is 0 Å². The number of thiophene rings is 2. The largest absolute Gasteiger partial charge is 0.459 e. The molecule has 1 aliphatic carbocycles. The average Bonchev–Trinajstić information content (AvgIpc) is 3.11. The second-order valence-corrected chi connectivity index (χ2v) is 7.96. The number of hydrogen-bond acceptors (Lipinski definition) is 6. The second-order valence-electron chi connectivity index (χ2n) is 5.96. The Balaban J connectivity index is 1.40. The maximum Gasteiger partial charge on any atom is 0.291 e. The molecule has 3 N–H and O–H groups in total. The third kappa shape index (κ3) is 4.09. The normalized spacial score (nSPS) is 13.2. The van der Waals surface area contributed by atoms with Crippen LogP contribution in [0.2, 0.25) is 0 Å². The van der Waals surface area contributed by atoms with Crippen LogP contribution in [0.4, 0.5) is 10.0 Å². The van der Waals surface area contributed by atoms with Gasteiger partial charge in [-0.2, -0.15) is 0 Å². The van der Waals surface area contributed by atoms with Crippen molar-refractivity contribution < 1.29 is 18.8 Å². The zero-order chi connectivity index (χ0) is 18.8. The molecule has 7 nitrogen and oxygen atoms in total. The molecule has 3 aromatic rings. The molecule has 0 spiro atoms. The third-order valence-electron chi connectivity index (χ3n) is 3.86. The summed E-state index contributed by atoms with van der Waals surface area (Å²) in [6, 6.07) is 8.40. The van der Waals surface area contributed by atoms with Crippen LogP contribution in [0.5, 0.6) is 0 Å². The van der Waals surface area contributed by atoms with Gasteiger partial charge in [0.25, 0.3) is 17.7 Å². The van der Waals surface area contributed by atoms with Crippen LogP contribution in [-0.4, -0.2) is 23.8 Å². The summed E-state index contributed by atoms with van der Waals surface area (Å²) >= 11 is 2.44. The van der Waals surface area contributed by atoms with Crippen molar-refractivity contribution in [1.29, 1.82) is 0 Å². The van der Waals surface area contributed by atoms with Gasteiger partial charge in [-0.15, -0.1) is 22.7 Å². The molecule has 0 radical (unpaired) electrons. The second kappa shape index (κ2) is 7.37. The Hall–Kier alpha value is -2.91. The van der Waals surface area contributed by atoms with Crippen molar-refractivity contribution in [2.45, 2.75) is 18.9 Å². The minimum absolute atomic E-state index is 0.174. The fourth-order valence-electron chi connectivity index (χ4n) is 2.35. The van der Waals surface area contributed by atoms with E-state index in [1.807, 2.05) is 0 Å². The first-order valence-corrected chi connectivity index (χ1v) is 9.94. The number of nitrogens with one attached hydrogen (secondary N) is 3. The molecule has 138 valence electrons. The van der Waals surface area contributed by atoms with Gasteiger partial charge in [0, 0.05) is 6.04 Å². The number of carbonyl (C=O) groups excluding carboxylic acids is 3. The van der Waals surface area contributed by atoms with E-state index >= 15 is 0 Å². The number of hydrogen-bond donors (Lipinski definition) is 3. The van der Waals surface area contributed by atoms with Crippen LogP contribution in [0.25, 0.3) is 0 Å². The van der Waals surface area contributed by atoms with Crippen LogP contribution in [0.1, 0.15) is 43.4 Å². The number of furan rings is 1. The molecule has 3 heterocycles. The van der Waals surface area contributed by atoms with Gasteiger partial charge in [-0.1, -0.05) is 0 Å². The fraction of sp³-hybridized carbons (Fsp3) is 0.167. The van der Waals surface area contributed by atoms with Crippen molar-refractivity contribution in [3.63, 3.8) is 0 Å². The van der Waals surface area contributed by atoms with Crippen molar-refractivity contribution >= 4 is 50.4 Å². The fourth-order valence-corrected chi connectivity index (χ4v) is 3.92. The quantitative estimate of drug-likeness (QED) is 0.585. The summed E-state index contributed by atoms with van der Waals surface area (Å²) in [5.74, 6) is -0.696. The summed E-state index contributed by atoms with van der Waals surface area (Å²) in [6.07, 6.45) is 3.42. The molecule has 9 heteroatoms. The van der Waals surface area contributed by atoms with Gasteiger partial charge in [0.15, 0.2) is 5.76 Å². The van der Waals surface area contributed by atoms with Crippen molar-refractivity contribution in [1.82, 2.24) is 5.32 Å². The zero-order valence-electron chi connectivity index (χ0n) is 14.0. The highest BCUT2D eigenvalue weighted by Gasteiger charge is 2.25. The molecule has 27 heavy (non-hydrogen) atoms. The predicted molar refractivity (Wildman–Crippen MR) is 104 cm³/mol. The summed E-state index contributed by atoms with van der Waals surface area (Å²) in [7, 11) is 0. The molecule has 1 saturated carbocycles. The Bertz CT molecular complexity index is 986. The molecular formula is C18H15N3O4S2. The summed E-state index contributed by atoms with van der Waals surface area (Å²) in [5.41, 5.74) is 0.461. The molecule has 1 fully saturated rings.